The van der Waals surface area contributed by atoms with Crippen LogP contribution in [0.3, 0.4) is 0 Å². The Morgan fingerprint density at radius 2 is 1.69 bits per heavy atom. The first-order valence-electron chi connectivity index (χ1n) is 9.34. The Bertz CT molecular complexity index is 434. The standard InChI is InChI=1S/C19H35NO6/c1-6-7-8-12-20(13-9-14-25-5)17(22)15(18(23)24)10-11-16(21)26-19(2,3)4/h15H,6-14H2,1-5H3,(H,23,24). The van der Waals surface area contributed by atoms with Crippen molar-refractivity contribution < 1.29 is 29.0 Å². The van der Waals surface area contributed by atoms with Gasteiger partial charge in [-0.3, -0.25) is 14.4 Å². The summed E-state index contributed by atoms with van der Waals surface area (Å²) in [5.41, 5.74) is -0.633. The van der Waals surface area contributed by atoms with Crippen molar-refractivity contribution in [3.05, 3.63) is 0 Å². The number of aliphatic carboxylic acids is 1. The van der Waals surface area contributed by atoms with Crippen LogP contribution >= 0.6 is 0 Å². The number of carbonyl (C=O) groups excluding carboxylic acids is 2. The number of carboxylic acid groups (broad SMARTS) is 1. The van der Waals surface area contributed by atoms with Crippen LogP contribution in [-0.2, 0) is 23.9 Å². The van der Waals surface area contributed by atoms with Crippen molar-refractivity contribution in [2.24, 2.45) is 5.92 Å². The number of methoxy groups -OCH3 is 1. The summed E-state index contributed by atoms with van der Waals surface area (Å²) < 4.78 is 10.2. The van der Waals surface area contributed by atoms with Gasteiger partial charge >= 0.3 is 11.9 Å². The third-order valence-electron chi connectivity index (χ3n) is 3.77. The maximum absolute atomic E-state index is 12.7. The van der Waals surface area contributed by atoms with Crippen LogP contribution in [-0.4, -0.2) is 60.3 Å². The molecule has 0 aliphatic heterocycles. The number of rotatable bonds is 13. The lowest BCUT2D eigenvalue weighted by atomic mass is 10.0. The molecule has 0 rings (SSSR count). The Hall–Kier alpha value is -1.63. The first kappa shape index (κ1) is 24.4. The minimum Gasteiger partial charge on any atom is -0.481 e. The minimum atomic E-state index is -1.23. The van der Waals surface area contributed by atoms with Gasteiger partial charge in [0, 0.05) is 33.2 Å². The lowest BCUT2D eigenvalue weighted by molar-refractivity contribution is -0.156. The number of hydrogen-bond acceptors (Lipinski definition) is 5. The van der Waals surface area contributed by atoms with Crippen LogP contribution in [0, 0.1) is 5.92 Å². The maximum Gasteiger partial charge on any atom is 0.316 e. The zero-order chi connectivity index (χ0) is 20.2. The third kappa shape index (κ3) is 11.1. The molecule has 0 aromatic rings. The molecule has 0 saturated heterocycles. The number of hydrogen-bond donors (Lipinski definition) is 1. The van der Waals surface area contributed by atoms with Gasteiger partial charge in [-0.05, 0) is 40.0 Å². The molecule has 0 saturated carbocycles. The number of amides is 1. The second-order valence-electron chi connectivity index (χ2n) is 7.39. The molecule has 0 heterocycles. The molecule has 0 aromatic carbocycles. The fourth-order valence-corrected chi connectivity index (χ4v) is 2.51. The lowest BCUT2D eigenvalue weighted by Crippen LogP contribution is -2.41. The average Bonchev–Trinajstić information content (AvgIpc) is 2.51. The molecule has 26 heavy (non-hydrogen) atoms. The van der Waals surface area contributed by atoms with E-state index < -0.39 is 29.4 Å². The zero-order valence-corrected chi connectivity index (χ0v) is 16.9. The number of esters is 1. The van der Waals surface area contributed by atoms with Crippen LogP contribution in [0.15, 0.2) is 0 Å². The van der Waals surface area contributed by atoms with Crippen LogP contribution in [0.4, 0.5) is 0 Å². The van der Waals surface area contributed by atoms with Gasteiger partial charge in [0.05, 0.1) is 0 Å². The van der Waals surface area contributed by atoms with Gasteiger partial charge in [-0.25, -0.2) is 0 Å². The molecule has 1 atom stereocenters. The number of carboxylic acids is 1. The third-order valence-corrected chi connectivity index (χ3v) is 3.77. The SMILES string of the molecule is CCCCCN(CCCOC)C(=O)C(CCC(=O)OC(C)(C)C)C(=O)O. The molecule has 0 aliphatic rings. The summed E-state index contributed by atoms with van der Waals surface area (Å²) in [5.74, 6) is -3.36. The Morgan fingerprint density at radius 3 is 2.19 bits per heavy atom. The van der Waals surface area contributed by atoms with E-state index in [0.717, 1.165) is 19.3 Å². The molecular formula is C19H35NO6. The Kier molecular flexibility index (Phi) is 11.9. The topological polar surface area (TPSA) is 93.1 Å². The Labute approximate surface area is 157 Å². The number of unbranched alkanes of at least 4 members (excludes halogenated alkanes) is 2. The summed E-state index contributed by atoms with van der Waals surface area (Å²) >= 11 is 0. The van der Waals surface area contributed by atoms with Crippen molar-refractivity contribution in [2.45, 2.75) is 71.8 Å². The Balaban J connectivity index is 4.87. The minimum absolute atomic E-state index is 0.0579. The van der Waals surface area contributed by atoms with E-state index in [-0.39, 0.29) is 12.8 Å². The molecule has 0 aromatic heterocycles. The van der Waals surface area contributed by atoms with Crippen LogP contribution in [0.1, 0.15) is 66.2 Å². The van der Waals surface area contributed by atoms with Crippen molar-refractivity contribution in [2.75, 3.05) is 26.8 Å². The van der Waals surface area contributed by atoms with E-state index in [2.05, 4.69) is 6.92 Å². The van der Waals surface area contributed by atoms with Gasteiger partial charge in [-0.15, -0.1) is 0 Å². The highest BCUT2D eigenvalue weighted by atomic mass is 16.6. The van der Waals surface area contributed by atoms with E-state index >= 15 is 0 Å². The molecule has 1 N–H and O–H groups in total. The predicted octanol–water partition coefficient (Wildman–Crippen LogP) is 2.86. The summed E-state index contributed by atoms with van der Waals surface area (Å²) in [7, 11) is 1.59. The second-order valence-corrected chi connectivity index (χ2v) is 7.39. The molecule has 0 radical (unpaired) electrons. The highest BCUT2D eigenvalue weighted by Gasteiger charge is 2.31. The van der Waals surface area contributed by atoms with Gasteiger partial charge < -0.3 is 19.5 Å². The molecular weight excluding hydrogens is 338 g/mol. The van der Waals surface area contributed by atoms with E-state index in [4.69, 9.17) is 9.47 Å². The van der Waals surface area contributed by atoms with Crippen molar-refractivity contribution in [1.29, 1.82) is 0 Å². The summed E-state index contributed by atoms with van der Waals surface area (Å²) in [6.45, 7) is 8.78. The lowest BCUT2D eigenvalue weighted by Gasteiger charge is -2.26. The van der Waals surface area contributed by atoms with E-state index in [1.54, 1.807) is 32.8 Å². The fraction of sp³-hybridized carbons (Fsp3) is 0.842. The molecule has 7 heteroatoms. The zero-order valence-electron chi connectivity index (χ0n) is 16.9. The maximum atomic E-state index is 12.7. The quantitative estimate of drug-likeness (QED) is 0.303. The van der Waals surface area contributed by atoms with E-state index in [0.29, 0.717) is 26.1 Å². The molecule has 7 nitrogen and oxygen atoms in total. The smallest absolute Gasteiger partial charge is 0.316 e. The van der Waals surface area contributed by atoms with Gasteiger partial charge in [0.15, 0.2) is 0 Å². The van der Waals surface area contributed by atoms with E-state index in [1.165, 1.54) is 0 Å². The molecule has 1 amide bonds. The number of nitrogens with zero attached hydrogens (tertiary/aromatic N) is 1. The fourth-order valence-electron chi connectivity index (χ4n) is 2.51. The predicted molar refractivity (Wildman–Crippen MR) is 98.8 cm³/mol. The molecule has 1 unspecified atom stereocenters. The van der Waals surface area contributed by atoms with Crippen molar-refractivity contribution >= 4 is 17.8 Å². The molecule has 152 valence electrons. The van der Waals surface area contributed by atoms with Gasteiger partial charge in [-0.2, -0.15) is 0 Å². The number of carbonyl (C=O) groups is 3. The van der Waals surface area contributed by atoms with Crippen molar-refractivity contribution in [1.82, 2.24) is 4.90 Å². The first-order chi connectivity index (χ1) is 12.1. The summed E-state index contributed by atoms with van der Waals surface area (Å²) in [5, 5.41) is 9.46. The Morgan fingerprint density at radius 1 is 1.08 bits per heavy atom. The van der Waals surface area contributed by atoms with Gasteiger partial charge in [0.2, 0.25) is 5.91 Å². The molecule has 0 bridgehead atoms. The van der Waals surface area contributed by atoms with Crippen LogP contribution in [0.5, 0.6) is 0 Å². The molecule has 0 spiro atoms. The summed E-state index contributed by atoms with van der Waals surface area (Å²) in [4.78, 5) is 37.7. The van der Waals surface area contributed by atoms with Gasteiger partial charge in [0.1, 0.15) is 11.5 Å². The first-order valence-corrected chi connectivity index (χ1v) is 9.34. The van der Waals surface area contributed by atoms with E-state index in [1.807, 2.05) is 0 Å². The van der Waals surface area contributed by atoms with E-state index in [9.17, 15) is 19.5 Å². The normalized spacial score (nSPS) is 12.5. The molecule has 0 aliphatic carbocycles. The summed E-state index contributed by atoms with van der Waals surface area (Å²) in [6.07, 6.45) is 3.31. The van der Waals surface area contributed by atoms with Gasteiger partial charge in [0.25, 0.3) is 0 Å². The van der Waals surface area contributed by atoms with Crippen LogP contribution in [0.2, 0.25) is 0 Å². The second kappa shape index (κ2) is 12.7. The monoisotopic (exact) mass is 373 g/mol. The number of ether oxygens (including phenoxy) is 2. The summed E-state index contributed by atoms with van der Waals surface area (Å²) in [6, 6.07) is 0. The van der Waals surface area contributed by atoms with Crippen LogP contribution < -0.4 is 0 Å². The van der Waals surface area contributed by atoms with Crippen LogP contribution in [0.25, 0.3) is 0 Å². The highest BCUT2D eigenvalue weighted by molar-refractivity contribution is 5.97. The van der Waals surface area contributed by atoms with Crippen molar-refractivity contribution in [3.63, 3.8) is 0 Å². The largest absolute Gasteiger partial charge is 0.481 e. The molecule has 0 fully saturated rings. The average molecular weight is 373 g/mol. The van der Waals surface area contributed by atoms with Crippen molar-refractivity contribution in [3.8, 4) is 0 Å². The highest BCUT2D eigenvalue weighted by Crippen LogP contribution is 2.16. The van der Waals surface area contributed by atoms with Gasteiger partial charge in [-0.1, -0.05) is 19.8 Å².